The van der Waals surface area contributed by atoms with Crippen LogP contribution in [0.4, 0.5) is 0 Å². The van der Waals surface area contributed by atoms with Crippen molar-refractivity contribution in [3.63, 3.8) is 0 Å². The summed E-state index contributed by atoms with van der Waals surface area (Å²) in [6.07, 6.45) is 1.74. The largest absolute Gasteiger partial charge is 0.493 e. The zero-order chi connectivity index (χ0) is 21.7. The van der Waals surface area contributed by atoms with Gasteiger partial charge in [-0.1, -0.05) is 6.07 Å². The first kappa shape index (κ1) is 21.1. The van der Waals surface area contributed by atoms with Gasteiger partial charge in [-0.3, -0.25) is 4.98 Å². The molecule has 2 aromatic carbocycles. The van der Waals surface area contributed by atoms with Crippen LogP contribution in [0.15, 0.2) is 42.6 Å². The van der Waals surface area contributed by atoms with Crippen molar-refractivity contribution < 1.29 is 28.4 Å². The molecule has 0 amide bonds. The molecule has 0 N–H and O–H groups in total. The third kappa shape index (κ3) is 3.78. The summed E-state index contributed by atoms with van der Waals surface area (Å²) in [5.74, 6) is 3.27. The van der Waals surface area contributed by atoms with Crippen LogP contribution in [0.2, 0.25) is 0 Å². The van der Waals surface area contributed by atoms with Crippen LogP contribution < -0.4 is 28.4 Å². The van der Waals surface area contributed by atoms with E-state index in [4.69, 9.17) is 28.4 Å². The lowest BCUT2D eigenvalue weighted by Gasteiger charge is -2.17. The summed E-state index contributed by atoms with van der Waals surface area (Å²) in [5.41, 5.74) is 3.30. The second-order valence-electron chi connectivity index (χ2n) is 6.23. The Balaban J connectivity index is 2.24. The van der Waals surface area contributed by atoms with Crippen molar-refractivity contribution >= 4 is 0 Å². The highest BCUT2D eigenvalue weighted by molar-refractivity contribution is 5.84. The van der Waals surface area contributed by atoms with E-state index in [-0.39, 0.29) is 0 Å². The molecule has 1 heterocycles. The molecule has 0 fully saturated rings. The predicted molar refractivity (Wildman–Crippen MR) is 114 cm³/mol. The standard InChI is InChI=1S/C23H25NO6/c1-25-17-10-14(11-18(26-2)22(17)29-5)16-8-7-9-24-21(16)15-12-19(27-3)23(30-6)20(13-15)28-4/h7-13H,1-6H3. The van der Waals surface area contributed by atoms with Crippen LogP contribution in [-0.2, 0) is 0 Å². The van der Waals surface area contributed by atoms with Crippen molar-refractivity contribution in [2.45, 2.75) is 0 Å². The van der Waals surface area contributed by atoms with E-state index in [1.807, 2.05) is 36.4 Å². The first-order chi connectivity index (χ1) is 14.6. The average molecular weight is 411 g/mol. The van der Waals surface area contributed by atoms with Gasteiger partial charge in [0, 0.05) is 17.3 Å². The Morgan fingerprint density at radius 2 is 1.00 bits per heavy atom. The zero-order valence-electron chi connectivity index (χ0n) is 17.9. The number of hydrogen-bond acceptors (Lipinski definition) is 7. The van der Waals surface area contributed by atoms with Crippen LogP contribution in [0.25, 0.3) is 22.4 Å². The fraction of sp³-hybridized carbons (Fsp3) is 0.261. The van der Waals surface area contributed by atoms with E-state index < -0.39 is 0 Å². The normalized spacial score (nSPS) is 10.3. The minimum Gasteiger partial charge on any atom is -0.493 e. The van der Waals surface area contributed by atoms with Gasteiger partial charge >= 0.3 is 0 Å². The molecule has 0 aliphatic heterocycles. The second kappa shape index (κ2) is 9.26. The smallest absolute Gasteiger partial charge is 0.203 e. The predicted octanol–water partition coefficient (Wildman–Crippen LogP) is 4.47. The summed E-state index contributed by atoms with van der Waals surface area (Å²) in [7, 11) is 9.49. The van der Waals surface area contributed by atoms with Gasteiger partial charge in [-0.15, -0.1) is 0 Å². The summed E-state index contributed by atoms with van der Waals surface area (Å²) in [5, 5.41) is 0. The lowest BCUT2D eigenvalue weighted by Crippen LogP contribution is -1.98. The maximum atomic E-state index is 5.51. The van der Waals surface area contributed by atoms with E-state index in [0.29, 0.717) is 34.5 Å². The molecular weight excluding hydrogens is 386 g/mol. The molecule has 0 radical (unpaired) electrons. The summed E-state index contributed by atoms with van der Waals surface area (Å²) in [4.78, 5) is 4.62. The molecule has 0 aliphatic carbocycles. The molecule has 0 saturated heterocycles. The van der Waals surface area contributed by atoms with E-state index in [1.54, 1.807) is 48.9 Å². The number of ether oxygens (including phenoxy) is 6. The Bertz CT molecular complexity index is 901. The third-order valence-corrected chi connectivity index (χ3v) is 4.72. The summed E-state index contributed by atoms with van der Waals surface area (Å²) >= 11 is 0. The minimum atomic E-state index is 0.522. The van der Waals surface area contributed by atoms with Gasteiger partial charge in [-0.05, 0) is 35.9 Å². The maximum absolute atomic E-state index is 5.51. The van der Waals surface area contributed by atoms with Crippen LogP contribution in [0.1, 0.15) is 0 Å². The van der Waals surface area contributed by atoms with Gasteiger partial charge in [-0.2, -0.15) is 0 Å². The third-order valence-electron chi connectivity index (χ3n) is 4.72. The number of rotatable bonds is 8. The van der Waals surface area contributed by atoms with Crippen LogP contribution in [0, 0.1) is 0 Å². The van der Waals surface area contributed by atoms with Gasteiger partial charge in [0.1, 0.15) is 0 Å². The molecule has 0 aliphatic rings. The number of benzene rings is 2. The van der Waals surface area contributed by atoms with Gasteiger partial charge in [0.25, 0.3) is 0 Å². The second-order valence-corrected chi connectivity index (χ2v) is 6.23. The monoisotopic (exact) mass is 411 g/mol. The van der Waals surface area contributed by atoms with Gasteiger partial charge in [0.15, 0.2) is 23.0 Å². The highest BCUT2D eigenvalue weighted by Crippen LogP contribution is 2.45. The van der Waals surface area contributed by atoms with Crippen molar-refractivity contribution in [1.82, 2.24) is 4.98 Å². The van der Waals surface area contributed by atoms with Crippen molar-refractivity contribution in [2.75, 3.05) is 42.7 Å². The molecule has 3 rings (SSSR count). The number of nitrogens with zero attached hydrogens (tertiary/aromatic N) is 1. The Morgan fingerprint density at radius 1 is 0.567 bits per heavy atom. The fourth-order valence-corrected chi connectivity index (χ4v) is 3.32. The lowest BCUT2D eigenvalue weighted by molar-refractivity contribution is 0.324. The van der Waals surface area contributed by atoms with Crippen LogP contribution in [0.3, 0.4) is 0 Å². The van der Waals surface area contributed by atoms with E-state index in [1.165, 1.54) is 0 Å². The van der Waals surface area contributed by atoms with Crippen LogP contribution >= 0.6 is 0 Å². The van der Waals surface area contributed by atoms with Crippen LogP contribution in [-0.4, -0.2) is 47.6 Å². The Labute approximate surface area is 176 Å². The summed E-state index contributed by atoms with van der Waals surface area (Å²) in [6, 6.07) is 11.4. The minimum absolute atomic E-state index is 0.522. The number of hydrogen-bond donors (Lipinski definition) is 0. The van der Waals surface area contributed by atoms with E-state index in [0.717, 1.165) is 22.4 Å². The molecular formula is C23H25NO6. The molecule has 7 heteroatoms. The topological polar surface area (TPSA) is 68.3 Å². The highest BCUT2D eigenvalue weighted by Gasteiger charge is 2.19. The van der Waals surface area contributed by atoms with Crippen molar-refractivity contribution in [3.05, 3.63) is 42.6 Å². The zero-order valence-corrected chi connectivity index (χ0v) is 17.9. The average Bonchev–Trinajstić information content (AvgIpc) is 2.81. The van der Waals surface area contributed by atoms with Crippen LogP contribution in [0.5, 0.6) is 34.5 Å². The molecule has 30 heavy (non-hydrogen) atoms. The SMILES string of the molecule is COc1cc(-c2cccnc2-c2cc(OC)c(OC)c(OC)c2)cc(OC)c1OC. The molecule has 1 aromatic heterocycles. The lowest BCUT2D eigenvalue weighted by atomic mass is 9.98. The molecule has 0 atom stereocenters. The molecule has 0 bridgehead atoms. The summed E-state index contributed by atoms with van der Waals surface area (Å²) in [6.45, 7) is 0. The van der Waals surface area contributed by atoms with Gasteiger partial charge in [0.05, 0.1) is 48.4 Å². The molecule has 3 aromatic rings. The molecule has 0 spiro atoms. The number of pyridine rings is 1. The van der Waals surface area contributed by atoms with Crippen molar-refractivity contribution in [3.8, 4) is 56.9 Å². The van der Waals surface area contributed by atoms with Crippen molar-refractivity contribution in [2.24, 2.45) is 0 Å². The Kier molecular flexibility index (Phi) is 6.51. The number of aromatic nitrogens is 1. The molecule has 7 nitrogen and oxygen atoms in total. The van der Waals surface area contributed by atoms with Gasteiger partial charge in [0.2, 0.25) is 11.5 Å². The maximum Gasteiger partial charge on any atom is 0.203 e. The number of methoxy groups -OCH3 is 6. The first-order valence-corrected chi connectivity index (χ1v) is 9.17. The highest BCUT2D eigenvalue weighted by atomic mass is 16.5. The molecule has 0 saturated carbocycles. The van der Waals surface area contributed by atoms with E-state index >= 15 is 0 Å². The Morgan fingerprint density at radius 3 is 1.40 bits per heavy atom. The fourth-order valence-electron chi connectivity index (χ4n) is 3.32. The first-order valence-electron chi connectivity index (χ1n) is 9.17. The quantitative estimate of drug-likeness (QED) is 0.542. The van der Waals surface area contributed by atoms with Gasteiger partial charge in [-0.25, -0.2) is 0 Å². The molecule has 0 unspecified atom stereocenters. The van der Waals surface area contributed by atoms with Gasteiger partial charge < -0.3 is 28.4 Å². The van der Waals surface area contributed by atoms with E-state index in [9.17, 15) is 0 Å². The van der Waals surface area contributed by atoms with Crippen molar-refractivity contribution in [1.29, 1.82) is 0 Å². The summed E-state index contributed by atoms with van der Waals surface area (Å²) < 4.78 is 32.9. The Hall–Kier alpha value is -3.61. The molecule has 158 valence electrons. The van der Waals surface area contributed by atoms with E-state index in [2.05, 4.69) is 4.98 Å².